The van der Waals surface area contributed by atoms with Gasteiger partial charge >= 0.3 is 0 Å². The average molecular weight is 527 g/mol. The molecular formula is C22H34IN5O2. The van der Waals surface area contributed by atoms with Gasteiger partial charge in [0.05, 0.1) is 18.8 Å². The predicted molar refractivity (Wildman–Crippen MR) is 131 cm³/mol. The molecule has 1 aliphatic rings. The fourth-order valence-electron chi connectivity index (χ4n) is 3.72. The highest BCUT2D eigenvalue weighted by Crippen LogP contribution is 2.31. The van der Waals surface area contributed by atoms with Crippen LogP contribution in [0.1, 0.15) is 48.7 Å². The lowest BCUT2D eigenvalue weighted by Crippen LogP contribution is -2.42. The number of nitrogens with zero attached hydrogens (tertiary/aromatic N) is 3. The SMILES string of the molecule is CCNC(=NCc1nc(C)c(C)o1)NCC(c1ccccc1OC)N1CCCC1.I. The highest BCUT2D eigenvalue weighted by molar-refractivity contribution is 14.0. The number of guanidine groups is 1. The number of oxazole rings is 1. The molecule has 2 N–H and O–H groups in total. The van der Waals surface area contributed by atoms with Crippen LogP contribution in [0.2, 0.25) is 0 Å². The van der Waals surface area contributed by atoms with E-state index in [9.17, 15) is 0 Å². The van der Waals surface area contributed by atoms with Crippen molar-refractivity contribution >= 4 is 29.9 Å². The minimum absolute atomic E-state index is 0. The summed E-state index contributed by atoms with van der Waals surface area (Å²) in [5, 5.41) is 6.83. The van der Waals surface area contributed by atoms with E-state index in [4.69, 9.17) is 9.15 Å². The smallest absolute Gasteiger partial charge is 0.216 e. The minimum atomic E-state index is 0. The van der Waals surface area contributed by atoms with Crippen LogP contribution in [0.4, 0.5) is 0 Å². The summed E-state index contributed by atoms with van der Waals surface area (Å²) < 4.78 is 11.3. The van der Waals surface area contributed by atoms with Crippen LogP contribution in [0.15, 0.2) is 33.7 Å². The Hall–Kier alpha value is -1.81. The number of benzene rings is 1. The van der Waals surface area contributed by atoms with Crippen molar-refractivity contribution in [2.75, 3.05) is 33.3 Å². The number of halogens is 1. The lowest BCUT2D eigenvalue weighted by molar-refractivity contribution is 0.239. The van der Waals surface area contributed by atoms with Crippen molar-refractivity contribution in [2.24, 2.45) is 4.99 Å². The van der Waals surface area contributed by atoms with Crippen LogP contribution in [-0.4, -0.2) is 49.1 Å². The monoisotopic (exact) mass is 527 g/mol. The molecule has 1 unspecified atom stereocenters. The summed E-state index contributed by atoms with van der Waals surface area (Å²) in [6.45, 7) is 10.1. The molecule has 8 heteroatoms. The zero-order chi connectivity index (χ0) is 20.6. The molecule has 0 spiro atoms. The number of aryl methyl sites for hydroxylation is 2. The van der Waals surface area contributed by atoms with Crippen molar-refractivity contribution in [3.63, 3.8) is 0 Å². The number of rotatable bonds is 8. The van der Waals surface area contributed by atoms with E-state index < -0.39 is 0 Å². The molecule has 3 rings (SSSR count). The van der Waals surface area contributed by atoms with Crippen LogP contribution < -0.4 is 15.4 Å². The summed E-state index contributed by atoms with van der Waals surface area (Å²) in [7, 11) is 1.74. The van der Waals surface area contributed by atoms with E-state index in [2.05, 4.69) is 44.6 Å². The van der Waals surface area contributed by atoms with Gasteiger partial charge in [-0.05, 0) is 52.8 Å². The maximum atomic E-state index is 5.65. The maximum Gasteiger partial charge on any atom is 0.216 e. The molecule has 2 heterocycles. The maximum absolute atomic E-state index is 5.65. The molecule has 0 bridgehead atoms. The van der Waals surface area contributed by atoms with Crippen molar-refractivity contribution in [1.29, 1.82) is 0 Å². The standard InChI is InChI=1S/C22H33N5O2.HI/c1-5-23-22(25-15-21-26-16(2)17(3)29-21)24-14-19(27-12-8-9-13-27)18-10-6-7-11-20(18)28-4;/h6-7,10-11,19H,5,8-9,12-15H2,1-4H3,(H2,23,24,25);1H. The van der Waals surface area contributed by atoms with E-state index in [0.717, 1.165) is 49.3 Å². The first-order chi connectivity index (χ1) is 14.1. The Labute approximate surface area is 196 Å². The second kappa shape index (κ2) is 12.1. The zero-order valence-corrected chi connectivity index (χ0v) is 20.7. The third-order valence-corrected chi connectivity index (χ3v) is 5.33. The van der Waals surface area contributed by atoms with E-state index in [0.29, 0.717) is 12.4 Å². The molecule has 30 heavy (non-hydrogen) atoms. The Morgan fingerprint density at radius 2 is 1.97 bits per heavy atom. The highest BCUT2D eigenvalue weighted by atomic mass is 127. The molecule has 1 saturated heterocycles. The van der Waals surface area contributed by atoms with E-state index in [1.807, 2.05) is 26.0 Å². The summed E-state index contributed by atoms with van der Waals surface area (Å²) in [5.74, 6) is 3.18. The number of para-hydroxylation sites is 1. The van der Waals surface area contributed by atoms with Gasteiger partial charge in [0.25, 0.3) is 0 Å². The molecule has 0 radical (unpaired) electrons. The first-order valence-corrected chi connectivity index (χ1v) is 10.4. The Morgan fingerprint density at radius 3 is 2.60 bits per heavy atom. The number of aromatic nitrogens is 1. The lowest BCUT2D eigenvalue weighted by Gasteiger charge is -2.30. The molecule has 0 saturated carbocycles. The lowest BCUT2D eigenvalue weighted by atomic mass is 10.0. The Balaban J connectivity index is 0.00000320. The van der Waals surface area contributed by atoms with Crippen molar-refractivity contribution in [2.45, 2.75) is 46.2 Å². The quantitative estimate of drug-likeness (QED) is 0.309. The van der Waals surface area contributed by atoms with Crippen molar-refractivity contribution < 1.29 is 9.15 Å². The second-order valence-corrected chi connectivity index (χ2v) is 7.33. The van der Waals surface area contributed by atoms with Gasteiger partial charge in [-0.1, -0.05) is 18.2 Å². The van der Waals surface area contributed by atoms with Crippen molar-refractivity contribution in [1.82, 2.24) is 20.5 Å². The zero-order valence-electron chi connectivity index (χ0n) is 18.4. The fourth-order valence-corrected chi connectivity index (χ4v) is 3.72. The van der Waals surface area contributed by atoms with Gasteiger partial charge in [-0.3, -0.25) is 4.90 Å². The van der Waals surface area contributed by atoms with Crippen LogP contribution in [0.3, 0.4) is 0 Å². The normalized spacial score (nSPS) is 15.5. The average Bonchev–Trinajstić information content (AvgIpc) is 3.37. The number of ether oxygens (including phenoxy) is 1. The van der Waals surface area contributed by atoms with Gasteiger partial charge in [0, 0.05) is 18.7 Å². The van der Waals surface area contributed by atoms with Gasteiger partial charge < -0.3 is 19.8 Å². The van der Waals surface area contributed by atoms with Gasteiger partial charge in [-0.15, -0.1) is 24.0 Å². The van der Waals surface area contributed by atoms with Gasteiger partial charge in [0.15, 0.2) is 5.96 Å². The summed E-state index contributed by atoms with van der Waals surface area (Å²) in [4.78, 5) is 11.6. The van der Waals surface area contributed by atoms with Gasteiger partial charge in [0.2, 0.25) is 5.89 Å². The van der Waals surface area contributed by atoms with Gasteiger partial charge in [0.1, 0.15) is 18.1 Å². The summed E-state index contributed by atoms with van der Waals surface area (Å²) in [5.41, 5.74) is 2.12. The third-order valence-electron chi connectivity index (χ3n) is 5.33. The first kappa shape index (κ1) is 24.5. The molecule has 1 aromatic heterocycles. The van der Waals surface area contributed by atoms with E-state index in [-0.39, 0.29) is 30.0 Å². The van der Waals surface area contributed by atoms with E-state index in [1.54, 1.807) is 7.11 Å². The molecule has 1 aliphatic heterocycles. The number of aliphatic imine (C=N–C) groups is 1. The molecule has 7 nitrogen and oxygen atoms in total. The van der Waals surface area contributed by atoms with Crippen LogP contribution >= 0.6 is 24.0 Å². The second-order valence-electron chi connectivity index (χ2n) is 7.33. The molecule has 0 amide bonds. The Morgan fingerprint density at radius 1 is 1.23 bits per heavy atom. The first-order valence-electron chi connectivity index (χ1n) is 10.4. The van der Waals surface area contributed by atoms with E-state index >= 15 is 0 Å². The molecule has 2 aromatic rings. The third kappa shape index (κ3) is 6.34. The van der Waals surface area contributed by atoms with Gasteiger partial charge in [-0.25, -0.2) is 9.98 Å². The number of hydrogen-bond donors (Lipinski definition) is 2. The molecule has 0 aliphatic carbocycles. The van der Waals surface area contributed by atoms with Crippen LogP contribution in [0.25, 0.3) is 0 Å². The van der Waals surface area contributed by atoms with Crippen LogP contribution in [-0.2, 0) is 6.54 Å². The number of nitrogens with one attached hydrogen (secondary N) is 2. The number of methoxy groups -OCH3 is 1. The van der Waals surface area contributed by atoms with Crippen molar-refractivity contribution in [3.8, 4) is 5.75 Å². The predicted octanol–water partition coefficient (Wildman–Crippen LogP) is 3.81. The summed E-state index contributed by atoms with van der Waals surface area (Å²) in [6.07, 6.45) is 2.48. The topological polar surface area (TPSA) is 74.9 Å². The molecule has 1 fully saturated rings. The Bertz CT molecular complexity index is 798. The highest BCUT2D eigenvalue weighted by Gasteiger charge is 2.26. The Kier molecular flexibility index (Phi) is 9.90. The minimum Gasteiger partial charge on any atom is -0.496 e. The molecular weight excluding hydrogens is 493 g/mol. The largest absolute Gasteiger partial charge is 0.496 e. The number of hydrogen-bond acceptors (Lipinski definition) is 5. The van der Waals surface area contributed by atoms with Crippen molar-refractivity contribution in [3.05, 3.63) is 47.2 Å². The fraction of sp³-hybridized carbons (Fsp3) is 0.545. The van der Waals surface area contributed by atoms with E-state index in [1.165, 1.54) is 18.4 Å². The molecule has 1 aromatic carbocycles. The van der Waals surface area contributed by atoms with Crippen LogP contribution in [0.5, 0.6) is 5.75 Å². The molecule has 166 valence electrons. The van der Waals surface area contributed by atoms with Crippen LogP contribution in [0, 0.1) is 13.8 Å². The number of likely N-dealkylation sites (tertiary alicyclic amines) is 1. The van der Waals surface area contributed by atoms with Gasteiger partial charge in [-0.2, -0.15) is 0 Å². The molecule has 1 atom stereocenters. The summed E-state index contributed by atoms with van der Waals surface area (Å²) >= 11 is 0. The summed E-state index contributed by atoms with van der Waals surface area (Å²) in [6, 6.07) is 8.51.